The first-order chi connectivity index (χ1) is 13.5. The van der Waals surface area contributed by atoms with Gasteiger partial charge in [-0.1, -0.05) is 42.5 Å². The van der Waals surface area contributed by atoms with Crippen LogP contribution in [0.1, 0.15) is 24.5 Å². The Labute approximate surface area is 167 Å². The standard InChI is InChI=1S/C23H30N4O/c1-23(10-11-26(2)22(24)25-23)20-8-5-7-18(16-20)21-9-4-3-6-19(21)17-27-12-14-28-15-13-27/h3-9,16H,10-15,17H2,1-2H3,(H2,24,25). The van der Waals surface area contributed by atoms with E-state index in [-0.39, 0.29) is 5.54 Å². The lowest BCUT2D eigenvalue weighted by atomic mass is 9.86. The largest absolute Gasteiger partial charge is 0.379 e. The topological polar surface area (TPSA) is 54.1 Å². The van der Waals surface area contributed by atoms with Crippen molar-refractivity contribution < 1.29 is 4.74 Å². The van der Waals surface area contributed by atoms with Crippen molar-refractivity contribution in [3.05, 3.63) is 59.7 Å². The summed E-state index contributed by atoms with van der Waals surface area (Å²) in [6.45, 7) is 7.70. The second-order valence-electron chi connectivity index (χ2n) is 8.04. The number of hydrogen-bond donors (Lipinski definition) is 1. The third kappa shape index (κ3) is 3.91. The van der Waals surface area contributed by atoms with Crippen LogP contribution in [0.2, 0.25) is 0 Å². The first-order valence-corrected chi connectivity index (χ1v) is 10.1. The molecule has 2 aromatic carbocycles. The summed E-state index contributed by atoms with van der Waals surface area (Å²) in [7, 11) is 2.00. The number of rotatable bonds is 4. The van der Waals surface area contributed by atoms with Crippen LogP contribution >= 0.6 is 0 Å². The molecule has 28 heavy (non-hydrogen) atoms. The van der Waals surface area contributed by atoms with E-state index in [2.05, 4.69) is 60.4 Å². The van der Waals surface area contributed by atoms with Crippen molar-refractivity contribution >= 4 is 5.96 Å². The molecule has 148 valence electrons. The van der Waals surface area contributed by atoms with Gasteiger partial charge in [-0.2, -0.15) is 0 Å². The van der Waals surface area contributed by atoms with Crippen molar-refractivity contribution in [3.63, 3.8) is 0 Å². The Morgan fingerprint density at radius 1 is 1.07 bits per heavy atom. The number of benzene rings is 2. The zero-order valence-corrected chi connectivity index (χ0v) is 16.9. The van der Waals surface area contributed by atoms with Crippen LogP contribution in [0.4, 0.5) is 0 Å². The van der Waals surface area contributed by atoms with E-state index < -0.39 is 0 Å². The minimum Gasteiger partial charge on any atom is -0.379 e. The molecule has 5 heteroatoms. The van der Waals surface area contributed by atoms with E-state index in [0.717, 1.165) is 45.8 Å². The van der Waals surface area contributed by atoms with Crippen LogP contribution in [0, 0.1) is 0 Å². The molecule has 2 aliphatic rings. The number of nitrogens with two attached hydrogens (primary N) is 1. The third-order valence-corrected chi connectivity index (χ3v) is 6.00. The lowest BCUT2D eigenvalue weighted by Crippen LogP contribution is -2.43. The molecule has 1 unspecified atom stereocenters. The average Bonchev–Trinajstić information content (AvgIpc) is 2.72. The van der Waals surface area contributed by atoms with Gasteiger partial charge in [0.25, 0.3) is 0 Å². The first-order valence-electron chi connectivity index (χ1n) is 10.1. The number of hydrogen-bond acceptors (Lipinski definition) is 5. The Morgan fingerprint density at radius 2 is 1.86 bits per heavy atom. The SMILES string of the molecule is CN1CCC(C)(c2cccc(-c3ccccc3CN3CCOCC3)c2)N=C1N. The van der Waals surface area contributed by atoms with Crippen LogP contribution in [-0.2, 0) is 16.8 Å². The van der Waals surface area contributed by atoms with Crippen LogP contribution in [-0.4, -0.2) is 55.7 Å². The van der Waals surface area contributed by atoms with Gasteiger partial charge in [-0.15, -0.1) is 0 Å². The second kappa shape index (κ2) is 7.94. The Morgan fingerprint density at radius 3 is 2.64 bits per heavy atom. The minimum atomic E-state index is -0.272. The van der Waals surface area contributed by atoms with Crippen molar-refractivity contribution in [2.75, 3.05) is 39.9 Å². The molecule has 0 radical (unpaired) electrons. The number of nitrogens with zero attached hydrogens (tertiary/aromatic N) is 3. The number of morpholine rings is 1. The van der Waals surface area contributed by atoms with Crippen LogP contribution in [0.5, 0.6) is 0 Å². The fourth-order valence-electron chi connectivity index (χ4n) is 4.06. The van der Waals surface area contributed by atoms with Crippen molar-refractivity contribution in [1.82, 2.24) is 9.80 Å². The highest BCUT2D eigenvalue weighted by Gasteiger charge is 2.31. The van der Waals surface area contributed by atoms with Crippen molar-refractivity contribution in [2.45, 2.75) is 25.4 Å². The number of ether oxygens (including phenoxy) is 1. The van der Waals surface area contributed by atoms with Crippen molar-refractivity contribution in [2.24, 2.45) is 10.7 Å². The first kappa shape index (κ1) is 19.0. The van der Waals surface area contributed by atoms with Gasteiger partial charge in [0.15, 0.2) is 5.96 Å². The average molecular weight is 379 g/mol. The fraction of sp³-hybridized carbons (Fsp3) is 0.435. The Kier molecular flexibility index (Phi) is 5.38. The van der Waals surface area contributed by atoms with Gasteiger partial charge >= 0.3 is 0 Å². The van der Waals surface area contributed by atoms with Gasteiger partial charge < -0.3 is 15.4 Å². The molecule has 2 aromatic rings. The van der Waals surface area contributed by atoms with E-state index in [1.54, 1.807) is 0 Å². The van der Waals surface area contributed by atoms with E-state index in [4.69, 9.17) is 15.5 Å². The molecule has 5 nitrogen and oxygen atoms in total. The summed E-state index contributed by atoms with van der Waals surface area (Å²) in [5, 5.41) is 0. The van der Waals surface area contributed by atoms with Gasteiger partial charge in [0.1, 0.15) is 0 Å². The second-order valence-corrected chi connectivity index (χ2v) is 8.04. The van der Waals surface area contributed by atoms with Crippen LogP contribution < -0.4 is 5.73 Å². The predicted molar refractivity (Wildman–Crippen MR) is 114 cm³/mol. The molecule has 2 aliphatic heterocycles. The van der Waals surface area contributed by atoms with E-state index in [9.17, 15) is 0 Å². The Hall–Kier alpha value is -2.37. The van der Waals surface area contributed by atoms with Crippen LogP contribution in [0.25, 0.3) is 11.1 Å². The number of guanidine groups is 1. The monoisotopic (exact) mass is 378 g/mol. The van der Waals surface area contributed by atoms with Crippen molar-refractivity contribution in [3.8, 4) is 11.1 Å². The molecular formula is C23H30N4O. The third-order valence-electron chi connectivity index (χ3n) is 6.00. The highest BCUT2D eigenvalue weighted by Crippen LogP contribution is 2.35. The summed E-state index contributed by atoms with van der Waals surface area (Å²) in [6.07, 6.45) is 0.961. The molecule has 0 amide bonds. The molecule has 0 aliphatic carbocycles. The van der Waals surface area contributed by atoms with E-state index >= 15 is 0 Å². The quantitative estimate of drug-likeness (QED) is 0.888. The van der Waals surface area contributed by atoms with Crippen molar-refractivity contribution in [1.29, 1.82) is 0 Å². The zero-order chi connectivity index (χ0) is 19.6. The summed E-state index contributed by atoms with van der Waals surface area (Å²) >= 11 is 0. The van der Waals surface area contributed by atoms with Gasteiger partial charge in [0.2, 0.25) is 0 Å². The highest BCUT2D eigenvalue weighted by molar-refractivity contribution is 5.79. The maximum absolute atomic E-state index is 6.13. The molecule has 2 N–H and O–H groups in total. The highest BCUT2D eigenvalue weighted by atomic mass is 16.5. The van der Waals surface area contributed by atoms with Gasteiger partial charge in [-0.05, 0) is 41.7 Å². The molecule has 1 saturated heterocycles. The van der Waals surface area contributed by atoms with Gasteiger partial charge in [-0.25, -0.2) is 4.99 Å². The number of aliphatic imine (C=N–C) groups is 1. The molecule has 0 saturated carbocycles. The molecule has 0 bridgehead atoms. The Balaban J connectivity index is 1.65. The van der Waals surface area contributed by atoms with Gasteiger partial charge in [0, 0.05) is 33.2 Å². The molecule has 1 fully saturated rings. The van der Waals surface area contributed by atoms with Crippen LogP contribution in [0.3, 0.4) is 0 Å². The molecule has 0 aromatic heterocycles. The molecule has 4 rings (SSSR count). The van der Waals surface area contributed by atoms with Gasteiger partial charge in [0.05, 0.1) is 18.8 Å². The summed E-state index contributed by atoms with van der Waals surface area (Å²) in [6, 6.07) is 17.5. The lowest BCUT2D eigenvalue weighted by Gasteiger charge is -2.35. The maximum atomic E-state index is 6.13. The summed E-state index contributed by atoms with van der Waals surface area (Å²) < 4.78 is 5.49. The smallest absolute Gasteiger partial charge is 0.191 e. The minimum absolute atomic E-state index is 0.272. The van der Waals surface area contributed by atoms with Gasteiger partial charge in [-0.3, -0.25) is 4.90 Å². The predicted octanol–water partition coefficient (Wildman–Crippen LogP) is 3.05. The molecule has 2 heterocycles. The fourth-order valence-corrected chi connectivity index (χ4v) is 4.06. The maximum Gasteiger partial charge on any atom is 0.191 e. The Bertz CT molecular complexity index is 859. The molecule has 1 atom stereocenters. The lowest BCUT2D eigenvalue weighted by molar-refractivity contribution is 0.0342. The van der Waals surface area contributed by atoms with E-state index in [0.29, 0.717) is 5.96 Å². The summed E-state index contributed by atoms with van der Waals surface area (Å²) in [5.41, 5.74) is 11.0. The summed E-state index contributed by atoms with van der Waals surface area (Å²) in [4.78, 5) is 9.30. The van der Waals surface area contributed by atoms with E-state index in [1.165, 1.54) is 22.3 Å². The molecular weight excluding hydrogens is 348 g/mol. The summed E-state index contributed by atoms with van der Waals surface area (Å²) in [5.74, 6) is 0.617. The normalized spacial score (nSPS) is 23.5. The van der Waals surface area contributed by atoms with E-state index in [1.807, 2.05) is 11.9 Å². The zero-order valence-electron chi connectivity index (χ0n) is 16.9. The molecule has 0 spiro atoms. The van der Waals surface area contributed by atoms with Crippen LogP contribution in [0.15, 0.2) is 53.5 Å².